The van der Waals surface area contributed by atoms with E-state index in [9.17, 15) is 0 Å². The zero-order valence-electron chi connectivity index (χ0n) is 15.3. The summed E-state index contributed by atoms with van der Waals surface area (Å²) in [6.45, 7) is 5.97. The van der Waals surface area contributed by atoms with Gasteiger partial charge in [0.25, 0.3) is 0 Å². The zero-order valence-corrected chi connectivity index (χ0v) is 16.9. The van der Waals surface area contributed by atoms with Gasteiger partial charge >= 0.3 is 0 Å². The van der Waals surface area contributed by atoms with Crippen LogP contribution in [0.1, 0.15) is 5.56 Å². The van der Waals surface area contributed by atoms with Gasteiger partial charge in [-0.1, -0.05) is 40.9 Å². The third kappa shape index (κ3) is 2.91. The molecule has 2 aromatic heterocycles. The van der Waals surface area contributed by atoms with Gasteiger partial charge in [0.1, 0.15) is 11.3 Å². The summed E-state index contributed by atoms with van der Waals surface area (Å²) in [5.41, 5.74) is 3.32. The second-order valence-electron chi connectivity index (χ2n) is 6.70. The van der Waals surface area contributed by atoms with Crippen molar-refractivity contribution >= 4 is 53.4 Å². The summed E-state index contributed by atoms with van der Waals surface area (Å²) in [6, 6.07) is 12.5. The molecule has 1 fully saturated rings. The molecule has 0 amide bonds. The summed E-state index contributed by atoms with van der Waals surface area (Å²) in [5.74, 6) is 0.853. The van der Waals surface area contributed by atoms with Gasteiger partial charge in [0.05, 0.1) is 22.0 Å². The van der Waals surface area contributed by atoms with Gasteiger partial charge in [0, 0.05) is 26.2 Å². The topological polar surface area (TPSA) is 41.5 Å². The van der Waals surface area contributed by atoms with Crippen LogP contribution in [0.2, 0.25) is 0 Å². The Bertz CT molecular complexity index is 1080. The van der Waals surface area contributed by atoms with Crippen molar-refractivity contribution in [1.82, 2.24) is 9.97 Å². The first-order valence-electron chi connectivity index (χ1n) is 9.02. The van der Waals surface area contributed by atoms with Crippen molar-refractivity contribution in [3.05, 3.63) is 42.0 Å². The predicted octanol–water partition coefficient (Wildman–Crippen LogP) is 4.55. The zero-order chi connectivity index (χ0) is 18.4. The number of hydrogen-bond donors (Lipinski definition) is 0. The molecule has 7 heteroatoms. The molecule has 1 aliphatic rings. The van der Waals surface area contributed by atoms with Gasteiger partial charge in [0.15, 0.2) is 10.3 Å². The molecule has 0 radical (unpaired) electrons. The molecule has 1 saturated heterocycles. The van der Waals surface area contributed by atoms with E-state index in [0.717, 1.165) is 53.2 Å². The molecular weight excluding hydrogens is 376 g/mol. The predicted molar refractivity (Wildman–Crippen MR) is 115 cm³/mol. The number of piperazine rings is 1. The van der Waals surface area contributed by atoms with Crippen LogP contribution >= 0.6 is 22.7 Å². The smallest absolute Gasteiger partial charge is 0.186 e. The molecule has 5 nitrogen and oxygen atoms in total. The Morgan fingerprint density at radius 3 is 2.30 bits per heavy atom. The number of rotatable bonds is 3. The average Bonchev–Trinajstić information content (AvgIpc) is 3.34. The molecule has 0 aliphatic carbocycles. The van der Waals surface area contributed by atoms with Gasteiger partial charge in [-0.2, -0.15) is 0 Å². The Kier molecular flexibility index (Phi) is 4.13. The van der Waals surface area contributed by atoms with Crippen LogP contribution in [0.3, 0.4) is 0 Å². The molecule has 4 aromatic rings. The lowest BCUT2D eigenvalue weighted by Crippen LogP contribution is -2.46. The highest BCUT2D eigenvalue weighted by atomic mass is 32.1. The fourth-order valence-electron chi connectivity index (χ4n) is 3.48. The molecule has 0 N–H and O–H groups in total. The van der Waals surface area contributed by atoms with Crippen LogP contribution in [0, 0.1) is 6.92 Å². The van der Waals surface area contributed by atoms with Gasteiger partial charge in [-0.3, -0.25) is 0 Å². The number of aryl methyl sites for hydroxylation is 1. The van der Waals surface area contributed by atoms with Crippen LogP contribution in [0.15, 0.2) is 36.4 Å². The van der Waals surface area contributed by atoms with Crippen molar-refractivity contribution in [1.29, 1.82) is 0 Å². The maximum absolute atomic E-state index is 5.50. The minimum Gasteiger partial charge on any atom is -0.494 e. The van der Waals surface area contributed by atoms with E-state index >= 15 is 0 Å². The van der Waals surface area contributed by atoms with Gasteiger partial charge < -0.3 is 14.5 Å². The Morgan fingerprint density at radius 2 is 1.59 bits per heavy atom. The first-order valence-corrected chi connectivity index (χ1v) is 10.7. The number of fused-ring (bicyclic) bond motifs is 2. The van der Waals surface area contributed by atoms with Crippen molar-refractivity contribution in [3.8, 4) is 5.75 Å². The van der Waals surface area contributed by atoms with Crippen molar-refractivity contribution in [2.24, 2.45) is 0 Å². The molecule has 0 saturated carbocycles. The fraction of sp³-hybridized carbons (Fsp3) is 0.300. The first kappa shape index (κ1) is 16.8. The summed E-state index contributed by atoms with van der Waals surface area (Å²) >= 11 is 3.54. The molecule has 1 aliphatic heterocycles. The quantitative estimate of drug-likeness (QED) is 0.508. The van der Waals surface area contributed by atoms with Crippen molar-refractivity contribution in [2.45, 2.75) is 6.92 Å². The van der Waals surface area contributed by atoms with Gasteiger partial charge in [-0.15, -0.1) is 0 Å². The molecule has 0 spiro atoms. The van der Waals surface area contributed by atoms with Crippen LogP contribution < -0.4 is 14.5 Å². The number of ether oxygens (including phenoxy) is 1. The molecule has 0 atom stereocenters. The van der Waals surface area contributed by atoms with E-state index in [1.165, 1.54) is 15.0 Å². The maximum Gasteiger partial charge on any atom is 0.186 e. The molecular formula is C20H20N4OS2. The fourth-order valence-corrected chi connectivity index (χ4v) is 5.60. The van der Waals surface area contributed by atoms with E-state index in [2.05, 4.69) is 41.0 Å². The Hall–Kier alpha value is -2.38. The lowest BCUT2D eigenvalue weighted by atomic mass is 10.2. The lowest BCUT2D eigenvalue weighted by molar-refractivity contribution is 0.419. The first-order chi connectivity index (χ1) is 13.2. The Balaban J connectivity index is 1.37. The highest BCUT2D eigenvalue weighted by Crippen LogP contribution is 2.37. The van der Waals surface area contributed by atoms with Gasteiger partial charge in [0.2, 0.25) is 0 Å². The highest BCUT2D eigenvalue weighted by Gasteiger charge is 2.23. The van der Waals surface area contributed by atoms with E-state index in [-0.39, 0.29) is 0 Å². The van der Waals surface area contributed by atoms with Crippen molar-refractivity contribution < 1.29 is 4.74 Å². The summed E-state index contributed by atoms with van der Waals surface area (Å²) < 4.78 is 7.97. The van der Waals surface area contributed by atoms with E-state index in [0.29, 0.717) is 0 Å². The molecule has 0 unspecified atom stereocenters. The molecule has 3 heterocycles. The van der Waals surface area contributed by atoms with Crippen LogP contribution in [0.25, 0.3) is 20.4 Å². The Morgan fingerprint density at radius 1 is 0.889 bits per heavy atom. The molecule has 0 bridgehead atoms. The van der Waals surface area contributed by atoms with E-state index in [4.69, 9.17) is 14.7 Å². The molecule has 27 heavy (non-hydrogen) atoms. The third-order valence-electron chi connectivity index (χ3n) is 5.02. The van der Waals surface area contributed by atoms with E-state index in [1.807, 2.05) is 12.1 Å². The number of anilines is 2. The van der Waals surface area contributed by atoms with Gasteiger partial charge in [-0.25, -0.2) is 9.97 Å². The van der Waals surface area contributed by atoms with E-state index in [1.54, 1.807) is 29.8 Å². The number of nitrogens with zero attached hydrogens (tertiary/aromatic N) is 4. The number of aromatic nitrogens is 2. The minimum absolute atomic E-state index is 0.853. The largest absolute Gasteiger partial charge is 0.494 e. The summed E-state index contributed by atoms with van der Waals surface area (Å²) in [6.07, 6.45) is 0. The average molecular weight is 397 g/mol. The molecule has 138 valence electrons. The molecule has 5 rings (SSSR count). The van der Waals surface area contributed by atoms with E-state index < -0.39 is 0 Å². The summed E-state index contributed by atoms with van der Waals surface area (Å²) in [4.78, 5) is 14.5. The highest BCUT2D eigenvalue weighted by molar-refractivity contribution is 7.22. The number of benzene rings is 2. The van der Waals surface area contributed by atoms with Crippen LogP contribution in [-0.2, 0) is 0 Å². The number of methoxy groups -OCH3 is 1. The number of para-hydroxylation sites is 1. The van der Waals surface area contributed by atoms with Crippen LogP contribution in [0.5, 0.6) is 5.75 Å². The number of hydrogen-bond acceptors (Lipinski definition) is 7. The standard InChI is InChI=1S/C20H20N4OS2/c1-13-7-8-15(25-2)17-18(13)27-20(22-17)24-11-9-23(10-12-24)19-21-14-5-3-4-6-16(14)26-19/h3-8H,9-12H2,1-2H3. The molecule has 2 aromatic carbocycles. The summed E-state index contributed by atoms with van der Waals surface area (Å²) in [7, 11) is 1.71. The van der Waals surface area contributed by atoms with Crippen LogP contribution in [0.4, 0.5) is 10.3 Å². The normalized spacial score (nSPS) is 15.0. The van der Waals surface area contributed by atoms with Crippen molar-refractivity contribution in [3.63, 3.8) is 0 Å². The summed E-state index contributed by atoms with van der Waals surface area (Å²) in [5, 5.41) is 2.21. The lowest BCUT2D eigenvalue weighted by Gasteiger charge is -2.34. The van der Waals surface area contributed by atoms with Gasteiger partial charge in [-0.05, 0) is 30.7 Å². The third-order valence-corrected chi connectivity index (χ3v) is 7.36. The SMILES string of the molecule is COc1ccc(C)c2sc(N3CCN(c4nc5ccccc5s4)CC3)nc12. The second-order valence-corrected chi connectivity index (χ2v) is 8.68. The van der Waals surface area contributed by atoms with Crippen LogP contribution in [-0.4, -0.2) is 43.3 Å². The van der Waals surface area contributed by atoms with Crippen molar-refractivity contribution in [2.75, 3.05) is 43.1 Å². The minimum atomic E-state index is 0.853. The maximum atomic E-state index is 5.50. The Labute approximate surface area is 165 Å². The second kappa shape index (κ2) is 6.65. The number of thiazole rings is 2. The monoisotopic (exact) mass is 396 g/mol.